The fourth-order valence-electron chi connectivity index (χ4n) is 1.31. The van der Waals surface area contributed by atoms with Crippen LogP contribution in [0.2, 0.25) is 0 Å². The van der Waals surface area contributed by atoms with Crippen molar-refractivity contribution in [3.63, 3.8) is 0 Å². The van der Waals surface area contributed by atoms with Crippen molar-refractivity contribution in [2.45, 2.75) is 26.4 Å². The molecule has 0 radical (unpaired) electrons. The average Bonchev–Trinajstić information content (AvgIpc) is 2.26. The van der Waals surface area contributed by atoms with Gasteiger partial charge in [-0.1, -0.05) is 15.9 Å². The van der Waals surface area contributed by atoms with Crippen LogP contribution in [0.25, 0.3) is 0 Å². The summed E-state index contributed by atoms with van der Waals surface area (Å²) >= 11 is 3.27. The fraction of sp³-hybridized carbons (Fsp3) is 0.462. The van der Waals surface area contributed by atoms with E-state index in [1.807, 2.05) is 0 Å². The normalized spacial score (nSPS) is 11.0. The molecule has 106 valence electrons. The first-order valence-electron chi connectivity index (χ1n) is 5.94. The minimum atomic E-state index is -0.520. The molecular formula is C13H18BrFN2O2. The van der Waals surface area contributed by atoms with Crippen molar-refractivity contribution in [3.8, 4) is 0 Å². The summed E-state index contributed by atoms with van der Waals surface area (Å²) < 4.78 is 19.2. The Morgan fingerprint density at radius 3 is 2.68 bits per heavy atom. The molecule has 19 heavy (non-hydrogen) atoms. The monoisotopic (exact) mass is 332 g/mol. The first kappa shape index (κ1) is 15.8. The topological polar surface area (TPSA) is 50.4 Å². The zero-order valence-corrected chi connectivity index (χ0v) is 12.8. The summed E-state index contributed by atoms with van der Waals surface area (Å²) in [5, 5.41) is 5.48. The second-order valence-electron chi connectivity index (χ2n) is 4.98. The third-order valence-corrected chi connectivity index (χ3v) is 2.53. The number of ether oxygens (including phenoxy) is 1. The molecule has 0 bridgehead atoms. The van der Waals surface area contributed by atoms with Crippen LogP contribution in [0.15, 0.2) is 22.7 Å². The van der Waals surface area contributed by atoms with E-state index >= 15 is 0 Å². The van der Waals surface area contributed by atoms with Crippen LogP contribution >= 0.6 is 15.9 Å². The van der Waals surface area contributed by atoms with Crippen molar-refractivity contribution in [2.24, 2.45) is 0 Å². The van der Waals surface area contributed by atoms with Crippen LogP contribution in [0.4, 0.5) is 14.9 Å². The molecule has 0 aromatic heterocycles. The lowest BCUT2D eigenvalue weighted by Gasteiger charge is -2.19. The van der Waals surface area contributed by atoms with Crippen LogP contribution < -0.4 is 10.6 Å². The maximum absolute atomic E-state index is 13.4. The van der Waals surface area contributed by atoms with E-state index in [9.17, 15) is 9.18 Å². The van der Waals surface area contributed by atoms with Gasteiger partial charge in [-0.05, 0) is 39.0 Å². The Bertz CT molecular complexity index is 447. The molecule has 1 rings (SSSR count). The molecule has 1 amide bonds. The second-order valence-corrected chi connectivity index (χ2v) is 5.90. The predicted molar refractivity (Wildman–Crippen MR) is 76.8 cm³/mol. The third-order valence-electron chi connectivity index (χ3n) is 2.04. The van der Waals surface area contributed by atoms with Crippen LogP contribution in [0, 0.1) is 5.82 Å². The Morgan fingerprint density at radius 1 is 1.37 bits per heavy atom. The molecule has 0 spiro atoms. The molecule has 1 aromatic rings. The molecule has 0 aliphatic heterocycles. The number of hydrogen-bond acceptors (Lipinski definition) is 3. The van der Waals surface area contributed by atoms with E-state index in [1.165, 1.54) is 6.07 Å². The number of anilines is 1. The van der Waals surface area contributed by atoms with Gasteiger partial charge in [0.05, 0.1) is 5.69 Å². The summed E-state index contributed by atoms with van der Waals surface area (Å²) in [6.45, 7) is 6.14. The molecule has 0 aliphatic rings. The van der Waals surface area contributed by atoms with E-state index in [0.717, 1.165) is 4.47 Å². The summed E-state index contributed by atoms with van der Waals surface area (Å²) in [6.07, 6.45) is -0.482. The molecule has 0 unspecified atom stereocenters. The van der Waals surface area contributed by atoms with Crippen molar-refractivity contribution in [1.82, 2.24) is 5.32 Å². The van der Waals surface area contributed by atoms with Gasteiger partial charge in [0.1, 0.15) is 11.4 Å². The van der Waals surface area contributed by atoms with Crippen LogP contribution in [-0.2, 0) is 4.74 Å². The predicted octanol–water partition coefficient (Wildman–Crippen LogP) is 3.52. The zero-order valence-electron chi connectivity index (χ0n) is 11.2. The first-order valence-corrected chi connectivity index (χ1v) is 6.73. The molecule has 4 nitrogen and oxygen atoms in total. The van der Waals surface area contributed by atoms with Crippen molar-refractivity contribution in [3.05, 3.63) is 28.5 Å². The number of carbonyl (C=O) groups is 1. The van der Waals surface area contributed by atoms with Crippen LogP contribution in [0.5, 0.6) is 0 Å². The lowest BCUT2D eigenvalue weighted by atomic mass is 10.2. The molecule has 1 aromatic carbocycles. The number of carbonyl (C=O) groups excluding carboxylic acids is 1. The zero-order chi connectivity index (χ0) is 14.5. The lowest BCUT2D eigenvalue weighted by molar-refractivity contribution is 0.0530. The summed E-state index contributed by atoms with van der Waals surface area (Å²) in [7, 11) is 0. The Kier molecular flexibility index (Phi) is 5.60. The number of hydrogen-bond donors (Lipinski definition) is 2. The molecule has 0 aliphatic carbocycles. The van der Waals surface area contributed by atoms with Gasteiger partial charge in [-0.3, -0.25) is 0 Å². The number of nitrogens with one attached hydrogen (secondary N) is 2. The van der Waals surface area contributed by atoms with E-state index in [0.29, 0.717) is 18.8 Å². The van der Waals surface area contributed by atoms with Gasteiger partial charge in [0.15, 0.2) is 0 Å². The van der Waals surface area contributed by atoms with Gasteiger partial charge in [-0.25, -0.2) is 9.18 Å². The van der Waals surface area contributed by atoms with E-state index < -0.39 is 11.7 Å². The van der Waals surface area contributed by atoms with Gasteiger partial charge >= 0.3 is 6.09 Å². The summed E-state index contributed by atoms with van der Waals surface area (Å²) in [5.74, 6) is -0.333. The second kappa shape index (κ2) is 6.75. The minimum absolute atomic E-state index is 0.333. The molecular weight excluding hydrogens is 315 g/mol. The van der Waals surface area contributed by atoms with Gasteiger partial charge < -0.3 is 15.4 Å². The maximum atomic E-state index is 13.4. The van der Waals surface area contributed by atoms with Crippen molar-refractivity contribution >= 4 is 27.7 Å². The molecule has 0 atom stereocenters. The van der Waals surface area contributed by atoms with E-state index in [1.54, 1.807) is 32.9 Å². The molecule has 0 fully saturated rings. The number of amides is 1. The highest BCUT2D eigenvalue weighted by Crippen LogP contribution is 2.19. The highest BCUT2D eigenvalue weighted by Gasteiger charge is 2.15. The molecule has 6 heteroatoms. The van der Waals surface area contributed by atoms with Gasteiger partial charge in [-0.2, -0.15) is 0 Å². The highest BCUT2D eigenvalue weighted by molar-refractivity contribution is 9.10. The number of alkyl carbamates (subject to hydrolysis) is 1. The van der Waals surface area contributed by atoms with Crippen molar-refractivity contribution in [2.75, 3.05) is 18.4 Å². The fourth-order valence-corrected chi connectivity index (χ4v) is 1.67. The molecule has 0 heterocycles. The SMILES string of the molecule is CC(C)(C)OC(=O)NCCNc1cc(Br)ccc1F. The molecule has 0 saturated heterocycles. The number of rotatable bonds is 4. The van der Waals surface area contributed by atoms with Gasteiger partial charge in [-0.15, -0.1) is 0 Å². The smallest absolute Gasteiger partial charge is 0.407 e. The molecule has 0 saturated carbocycles. The quantitative estimate of drug-likeness (QED) is 0.829. The Labute approximate surface area is 120 Å². The van der Waals surface area contributed by atoms with Crippen molar-refractivity contribution in [1.29, 1.82) is 0 Å². The van der Waals surface area contributed by atoms with E-state index in [-0.39, 0.29) is 5.82 Å². The summed E-state index contributed by atoms with van der Waals surface area (Å²) in [5.41, 5.74) is -0.131. The number of benzene rings is 1. The van der Waals surface area contributed by atoms with E-state index in [4.69, 9.17) is 4.74 Å². The van der Waals surface area contributed by atoms with Crippen LogP contribution in [0.3, 0.4) is 0 Å². The highest BCUT2D eigenvalue weighted by atomic mass is 79.9. The van der Waals surface area contributed by atoms with Crippen LogP contribution in [-0.4, -0.2) is 24.8 Å². The van der Waals surface area contributed by atoms with Gasteiger partial charge in [0.2, 0.25) is 0 Å². The Morgan fingerprint density at radius 2 is 2.05 bits per heavy atom. The summed E-state index contributed by atoms with van der Waals surface area (Å²) in [6, 6.07) is 4.63. The van der Waals surface area contributed by atoms with Gasteiger partial charge in [0.25, 0.3) is 0 Å². The summed E-state index contributed by atoms with van der Waals surface area (Å²) in [4.78, 5) is 11.3. The first-order chi connectivity index (χ1) is 8.78. The minimum Gasteiger partial charge on any atom is -0.444 e. The van der Waals surface area contributed by atoms with Crippen LogP contribution in [0.1, 0.15) is 20.8 Å². The largest absolute Gasteiger partial charge is 0.444 e. The molecule has 2 N–H and O–H groups in total. The standard InChI is InChI=1S/C13H18BrFN2O2/c1-13(2,3)19-12(18)17-7-6-16-11-8-9(14)4-5-10(11)15/h4-5,8,16H,6-7H2,1-3H3,(H,17,18). The third kappa shape index (κ3) is 6.42. The number of halogens is 2. The van der Waals surface area contributed by atoms with Crippen molar-refractivity contribution < 1.29 is 13.9 Å². The maximum Gasteiger partial charge on any atom is 0.407 e. The van der Waals surface area contributed by atoms with E-state index in [2.05, 4.69) is 26.6 Å². The Balaban J connectivity index is 2.31. The van der Waals surface area contributed by atoms with Gasteiger partial charge in [0, 0.05) is 17.6 Å². The Hall–Kier alpha value is -1.30. The average molecular weight is 333 g/mol. The lowest BCUT2D eigenvalue weighted by Crippen LogP contribution is -2.35.